The predicted molar refractivity (Wildman–Crippen MR) is 66.1 cm³/mol. The second kappa shape index (κ2) is 5.04. The Balaban J connectivity index is 1.94. The number of hydrogen-bond donors (Lipinski definition) is 2. The average Bonchev–Trinajstić information content (AvgIpc) is 2.87. The molecule has 0 bridgehead atoms. The van der Waals surface area contributed by atoms with Crippen LogP contribution in [0.25, 0.3) is 6.08 Å². The van der Waals surface area contributed by atoms with E-state index in [9.17, 15) is 4.79 Å². The Hall–Kier alpha value is -1.47. The molecule has 0 aliphatic carbocycles. The van der Waals surface area contributed by atoms with Gasteiger partial charge in [-0.25, -0.2) is 5.10 Å². The van der Waals surface area contributed by atoms with Gasteiger partial charge in [-0.05, 0) is 34.1 Å². The first-order valence-electron chi connectivity index (χ1n) is 4.34. The number of carbonyl (C=O) groups is 1. The Labute approximate surface area is 104 Å². The summed E-state index contributed by atoms with van der Waals surface area (Å²) < 4.78 is 1.03. The molecule has 0 saturated heterocycles. The molecular formula is C9H7BrN4OS. The Morgan fingerprint density at radius 2 is 2.44 bits per heavy atom. The lowest BCUT2D eigenvalue weighted by Crippen LogP contribution is -2.08. The summed E-state index contributed by atoms with van der Waals surface area (Å²) >= 11 is 4.90. The Kier molecular flexibility index (Phi) is 3.47. The zero-order chi connectivity index (χ0) is 11.4. The molecule has 0 aliphatic rings. The van der Waals surface area contributed by atoms with E-state index in [2.05, 4.69) is 36.4 Å². The van der Waals surface area contributed by atoms with Gasteiger partial charge in [0.2, 0.25) is 5.95 Å². The van der Waals surface area contributed by atoms with E-state index in [0.717, 1.165) is 8.66 Å². The van der Waals surface area contributed by atoms with E-state index < -0.39 is 0 Å². The van der Waals surface area contributed by atoms with Gasteiger partial charge in [0.15, 0.2) is 0 Å². The lowest BCUT2D eigenvalue weighted by molar-refractivity contribution is -0.111. The highest BCUT2D eigenvalue weighted by molar-refractivity contribution is 9.11. The topological polar surface area (TPSA) is 70.7 Å². The Morgan fingerprint density at radius 3 is 3.06 bits per heavy atom. The number of rotatable bonds is 3. The van der Waals surface area contributed by atoms with Crippen LogP contribution in [0.1, 0.15) is 4.88 Å². The van der Waals surface area contributed by atoms with Crippen molar-refractivity contribution in [2.24, 2.45) is 0 Å². The number of halogens is 1. The number of anilines is 1. The largest absolute Gasteiger partial charge is 0.291 e. The van der Waals surface area contributed by atoms with Crippen LogP contribution in [-0.4, -0.2) is 21.1 Å². The molecule has 0 saturated carbocycles. The number of aromatic nitrogens is 3. The third-order valence-corrected chi connectivity index (χ3v) is 3.24. The summed E-state index contributed by atoms with van der Waals surface area (Å²) in [4.78, 5) is 16.2. The van der Waals surface area contributed by atoms with Gasteiger partial charge in [-0.2, -0.15) is 10.1 Å². The molecule has 0 aromatic carbocycles. The van der Waals surface area contributed by atoms with Crippen LogP contribution in [-0.2, 0) is 4.79 Å². The highest BCUT2D eigenvalue weighted by atomic mass is 79.9. The minimum absolute atomic E-state index is 0.249. The van der Waals surface area contributed by atoms with Gasteiger partial charge in [0.25, 0.3) is 5.91 Å². The van der Waals surface area contributed by atoms with Gasteiger partial charge in [-0.1, -0.05) is 0 Å². The zero-order valence-electron chi connectivity index (χ0n) is 7.98. The number of carbonyl (C=O) groups excluding carboxylic acids is 1. The molecule has 0 unspecified atom stereocenters. The highest BCUT2D eigenvalue weighted by Gasteiger charge is 1.99. The second-order valence-electron chi connectivity index (χ2n) is 2.80. The fraction of sp³-hybridized carbons (Fsp3) is 0. The molecule has 82 valence electrons. The number of hydrogen-bond acceptors (Lipinski definition) is 4. The number of nitrogens with one attached hydrogen (secondary N) is 2. The minimum atomic E-state index is -0.249. The summed E-state index contributed by atoms with van der Waals surface area (Å²) in [6.45, 7) is 0. The first-order valence-corrected chi connectivity index (χ1v) is 5.95. The van der Waals surface area contributed by atoms with Gasteiger partial charge < -0.3 is 0 Å². The fourth-order valence-electron chi connectivity index (χ4n) is 1.000. The van der Waals surface area contributed by atoms with Crippen LogP contribution in [0.3, 0.4) is 0 Å². The van der Waals surface area contributed by atoms with E-state index in [1.165, 1.54) is 12.4 Å². The average molecular weight is 299 g/mol. The standard InChI is InChI=1S/C9H7BrN4OS/c10-7-3-1-6(16-7)2-4-8(15)13-9-11-5-12-14-9/h1-5H,(H2,11,12,13,14,15). The van der Waals surface area contributed by atoms with Gasteiger partial charge in [-0.3, -0.25) is 10.1 Å². The lowest BCUT2D eigenvalue weighted by atomic mass is 10.4. The summed E-state index contributed by atoms with van der Waals surface area (Å²) in [6.07, 6.45) is 4.51. The molecule has 7 heteroatoms. The van der Waals surface area contributed by atoms with Gasteiger partial charge in [-0.15, -0.1) is 11.3 Å². The lowest BCUT2D eigenvalue weighted by Gasteiger charge is -1.93. The molecule has 2 rings (SSSR count). The van der Waals surface area contributed by atoms with Crippen LogP contribution in [0.2, 0.25) is 0 Å². The molecule has 2 aromatic heterocycles. The van der Waals surface area contributed by atoms with E-state index in [4.69, 9.17) is 0 Å². The molecule has 0 radical (unpaired) electrons. The Bertz CT molecular complexity index is 505. The van der Waals surface area contributed by atoms with Crippen molar-refractivity contribution in [3.8, 4) is 0 Å². The van der Waals surface area contributed by atoms with Crippen molar-refractivity contribution in [2.45, 2.75) is 0 Å². The first-order chi connectivity index (χ1) is 7.74. The van der Waals surface area contributed by atoms with Crippen LogP contribution in [0, 0.1) is 0 Å². The molecule has 16 heavy (non-hydrogen) atoms. The number of aromatic amines is 1. The van der Waals surface area contributed by atoms with E-state index in [-0.39, 0.29) is 5.91 Å². The van der Waals surface area contributed by atoms with Crippen LogP contribution in [0.15, 0.2) is 28.3 Å². The van der Waals surface area contributed by atoms with Crippen molar-refractivity contribution in [2.75, 3.05) is 5.32 Å². The molecule has 0 spiro atoms. The smallest absolute Gasteiger partial charge is 0.250 e. The van der Waals surface area contributed by atoms with Crippen LogP contribution in [0.4, 0.5) is 5.95 Å². The summed E-state index contributed by atoms with van der Waals surface area (Å²) in [7, 11) is 0. The molecule has 2 heterocycles. The van der Waals surface area contributed by atoms with Crippen molar-refractivity contribution >= 4 is 45.2 Å². The molecule has 0 aliphatic heterocycles. The van der Waals surface area contributed by atoms with Crippen molar-refractivity contribution in [1.82, 2.24) is 15.2 Å². The quantitative estimate of drug-likeness (QED) is 0.854. The van der Waals surface area contributed by atoms with Gasteiger partial charge in [0.1, 0.15) is 6.33 Å². The van der Waals surface area contributed by atoms with Crippen molar-refractivity contribution in [1.29, 1.82) is 0 Å². The predicted octanol–water partition coefficient (Wildman–Crippen LogP) is 2.28. The van der Waals surface area contributed by atoms with E-state index in [1.54, 1.807) is 17.4 Å². The Morgan fingerprint density at radius 1 is 1.56 bits per heavy atom. The maximum Gasteiger partial charge on any atom is 0.250 e. The molecule has 1 amide bonds. The van der Waals surface area contributed by atoms with Crippen LogP contribution >= 0.6 is 27.3 Å². The molecule has 0 atom stereocenters. The fourth-order valence-corrected chi connectivity index (χ4v) is 2.33. The summed E-state index contributed by atoms with van der Waals surface area (Å²) in [5, 5.41) is 8.69. The molecule has 0 fully saturated rings. The maximum atomic E-state index is 11.4. The van der Waals surface area contributed by atoms with E-state index in [0.29, 0.717) is 5.95 Å². The SMILES string of the molecule is O=C(C=Cc1ccc(Br)s1)Nc1ncn[nH]1. The summed E-state index contributed by atoms with van der Waals surface area (Å²) in [5.74, 6) is 0.0864. The van der Waals surface area contributed by atoms with Crippen LogP contribution in [0.5, 0.6) is 0 Å². The number of nitrogens with zero attached hydrogens (tertiary/aromatic N) is 2. The molecule has 2 aromatic rings. The number of amides is 1. The zero-order valence-corrected chi connectivity index (χ0v) is 10.4. The summed E-state index contributed by atoms with van der Waals surface area (Å²) in [5.41, 5.74) is 0. The van der Waals surface area contributed by atoms with Crippen molar-refractivity contribution in [3.05, 3.63) is 33.2 Å². The van der Waals surface area contributed by atoms with Crippen molar-refractivity contribution < 1.29 is 4.79 Å². The molecular weight excluding hydrogens is 292 g/mol. The molecule has 5 nitrogen and oxygen atoms in total. The summed E-state index contributed by atoms with van der Waals surface area (Å²) in [6, 6.07) is 3.85. The first kappa shape index (κ1) is 11.0. The van der Waals surface area contributed by atoms with E-state index in [1.807, 2.05) is 12.1 Å². The highest BCUT2D eigenvalue weighted by Crippen LogP contribution is 2.22. The minimum Gasteiger partial charge on any atom is -0.291 e. The number of H-pyrrole nitrogens is 1. The van der Waals surface area contributed by atoms with Crippen LogP contribution < -0.4 is 5.32 Å². The normalized spacial score (nSPS) is 10.8. The van der Waals surface area contributed by atoms with E-state index >= 15 is 0 Å². The maximum absolute atomic E-state index is 11.4. The van der Waals surface area contributed by atoms with Crippen molar-refractivity contribution in [3.63, 3.8) is 0 Å². The number of thiophene rings is 1. The van der Waals surface area contributed by atoms with Gasteiger partial charge >= 0.3 is 0 Å². The van der Waals surface area contributed by atoms with Gasteiger partial charge in [0.05, 0.1) is 3.79 Å². The third-order valence-electron chi connectivity index (χ3n) is 1.65. The third kappa shape index (κ3) is 3.01. The molecule has 2 N–H and O–H groups in total. The monoisotopic (exact) mass is 298 g/mol. The second-order valence-corrected chi connectivity index (χ2v) is 5.29. The van der Waals surface area contributed by atoms with Gasteiger partial charge in [0, 0.05) is 11.0 Å².